The molecule has 3 rings (SSSR count). The molecule has 0 atom stereocenters. The van der Waals surface area contributed by atoms with E-state index in [2.05, 4.69) is 15.5 Å². The summed E-state index contributed by atoms with van der Waals surface area (Å²) >= 11 is 0. The fraction of sp³-hybridized carbons (Fsp3) is 0.348. The molecule has 0 amide bonds. The maximum Gasteiger partial charge on any atom is 0.262 e. The molecule has 7 heteroatoms. The number of hydrazone groups is 1. The number of ether oxygens (including phenoxy) is 2. The van der Waals surface area contributed by atoms with Crippen molar-refractivity contribution in [2.75, 3.05) is 19.1 Å². The molecule has 1 aromatic heterocycles. The number of nitrogens with zero attached hydrogens (tertiary/aromatic N) is 3. The third kappa shape index (κ3) is 5.24. The van der Waals surface area contributed by atoms with Crippen LogP contribution in [0.2, 0.25) is 0 Å². The molecular weight excluding hydrogens is 380 g/mol. The third-order valence-corrected chi connectivity index (χ3v) is 4.65. The Bertz CT molecular complexity index is 1090. The molecule has 30 heavy (non-hydrogen) atoms. The molecule has 1 N–H and O–H groups in total. The normalized spacial score (nSPS) is 11.8. The maximum atomic E-state index is 13.1. The summed E-state index contributed by atoms with van der Waals surface area (Å²) in [6, 6.07) is 15.0. The Morgan fingerprint density at radius 2 is 2.00 bits per heavy atom. The molecule has 0 bridgehead atoms. The summed E-state index contributed by atoms with van der Waals surface area (Å²) in [6.07, 6.45) is 0.856. The predicted octanol–water partition coefficient (Wildman–Crippen LogP) is 4.06. The summed E-state index contributed by atoms with van der Waals surface area (Å²) in [6.45, 7) is 6.93. The highest BCUT2D eigenvalue weighted by atomic mass is 16.5. The van der Waals surface area contributed by atoms with Crippen LogP contribution in [0.1, 0.15) is 32.8 Å². The molecule has 0 aliphatic rings. The van der Waals surface area contributed by atoms with E-state index >= 15 is 0 Å². The van der Waals surface area contributed by atoms with Crippen LogP contribution < -0.4 is 15.7 Å². The van der Waals surface area contributed by atoms with Crippen LogP contribution in [0.5, 0.6) is 5.75 Å². The minimum atomic E-state index is -0.0955. The summed E-state index contributed by atoms with van der Waals surface area (Å²) in [5, 5.41) is 5.05. The van der Waals surface area contributed by atoms with Crippen LogP contribution in [-0.4, -0.2) is 35.1 Å². The van der Waals surface area contributed by atoms with E-state index in [0.29, 0.717) is 36.4 Å². The molecule has 0 saturated carbocycles. The Hall–Kier alpha value is -3.19. The van der Waals surface area contributed by atoms with E-state index in [9.17, 15) is 4.79 Å². The first kappa shape index (κ1) is 21.5. The molecule has 1 heterocycles. The van der Waals surface area contributed by atoms with Crippen molar-refractivity contribution in [3.8, 4) is 5.75 Å². The highest BCUT2D eigenvalue weighted by molar-refractivity contribution is 5.99. The molecule has 0 fully saturated rings. The number of fused-ring (bicyclic) bond motifs is 1. The van der Waals surface area contributed by atoms with Crippen molar-refractivity contribution < 1.29 is 9.47 Å². The van der Waals surface area contributed by atoms with E-state index < -0.39 is 0 Å². The molecule has 7 nitrogen and oxygen atoms in total. The van der Waals surface area contributed by atoms with Crippen LogP contribution in [0.4, 0.5) is 5.95 Å². The lowest BCUT2D eigenvalue weighted by molar-refractivity contribution is 0.0748. The van der Waals surface area contributed by atoms with Crippen LogP contribution in [0.3, 0.4) is 0 Å². The Morgan fingerprint density at radius 3 is 2.77 bits per heavy atom. The zero-order valence-corrected chi connectivity index (χ0v) is 17.9. The first-order valence-electron chi connectivity index (χ1n) is 10.1. The van der Waals surface area contributed by atoms with Crippen molar-refractivity contribution in [1.82, 2.24) is 9.55 Å². The quantitative estimate of drug-likeness (QED) is 0.328. The molecule has 2 aromatic carbocycles. The van der Waals surface area contributed by atoms with Gasteiger partial charge in [-0.25, -0.2) is 10.4 Å². The van der Waals surface area contributed by atoms with Gasteiger partial charge in [-0.2, -0.15) is 5.10 Å². The fourth-order valence-electron chi connectivity index (χ4n) is 3.05. The first-order valence-corrected chi connectivity index (χ1v) is 10.1. The van der Waals surface area contributed by atoms with Gasteiger partial charge in [-0.3, -0.25) is 9.36 Å². The van der Waals surface area contributed by atoms with Crippen LogP contribution >= 0.6 is 0 Å². The smallest absolute Gasteiger partial charge is 0.262 e. The molecule has 0 spiro atoms. The van der Waals surface area contributed by atoms with Crippen molar-refractivity contribution in [1.29, 1.82) is 0 Å². The van der Waals surface area contributed by atoms with Crippen molar-refractivity contribution in [3.63, 3.8) is 0 Å². The summed E-state index contributed by atoms with van der Waals surface area (Å²) in [5.74, 6) is 1.17. The van der Waals surface area contributed by atoms with Crippen molar-refractivity contribution in [2.24, 2.45) is 5.10 Å². The average molecular weight is 409 g/mol. The molecule has 0 saturated heterocycles. The number of hydrogen-bond acceptors (Lipinski definition) is 6. The van der Waals surface area contributed by atoms with Gasteiger partial charge < -0.3 is 9.47 Å². The van der Waals surface area contributed by atoms with Gasteiger partial charge >= 0.3 is 0 Å². The largest absolute Gasteiger partial charge is 0.497 e. The average Bonchev–Trinajstić information content (AvgIpc) is 2.76. The molecule has 0 aliphatic carbocycles. The van der Waals surface area contributed by atoms with Gasteiger partial charge in [-0.15, -0.1) is 0 Å². The summed E-state index contributed by atoms with van der Waals surface area (Å²) < 4.78 is 12.5. The van der Waals surface area contributed by atoms with Gasteiger partial charge in [-0.05, 0) is 51.5 Å². The number of methoxy groups -OCH3 is 1. The molecule has 158 valence electrons. The number of rotatable bonds is 9. The number of anilines is 1. The van der Waals surface area contributed by atoms with Gasteiger partial charge in [0.05, 0.1) is 29.8 Å². The number of hydrogen-bond donors (Lipinski definition) is 1. The predicted molar refractivity (Wildman–Crippen MR) is 121 cm³/mol. The molecular formula is C23H28N4O3. The van der Waals surface area contributed by atoms with E-state index in [0.717, 1.165) is 17.0 Å². The molecule has 3 aromatic rings. The topological polar surface area (TPSA) is 77.7 Å². The van der Waals surface area contributed by atoms with E-state index in [1.807, 2.05) is 63.2 Å². The highest BCUT2D eigenvalue weighted by Gasteiger charge is 2.11. The number of nitrogens with one attached hydrogen (secondary N) is 1. The van der Waals surface area contributed by atoms with Gasteiger partial charge in [0.25, 0.3) is 5.56 Å². The van der Waals surface area contributed by atoms with Gasteiger partial charge in [0.2, 0.25) is 5.95 Å². The zero-order chi connectivity index (χ0) is 21.5. The lowest BCUT2D eigenvalue weighted by Gasteiger charge is -2.14. The molecule has 0 unspecified atom stereocenters. The Morgan fingerprint density at radius 1 is 1.20 bits per heavy atom. The van der Waals surface area contributed by atoms with Gasteiger partial charge in [0, 0.05) is 18.7 Å². The standard InChI is InChI=1S/C23H28N4O3/c1-16(2)30-14-8-13-27-22(28)20-11-5-6-12-21(20)24-23(27)26-25-17(3)18-9-7-10-19(15-18)29-4/h5-7,9-12,15-16H,8,13-14H2,1-4H3,(H,24,26)/b25-17-. The second kappa shape index (κ2) is 10.0. The van der Waals surface area contributed by atoms with Crippen LogP contribution in [0.25, 0.3) is 10.9 Å². The maximum absolute atomic E-state index is 13.1. The van der Waals surface area contributed by atoms with E-state index in [-0.39, 0.29) is 11.7 Å². The van der Waals surface area contributed by atoms with Crippen LogP contribution in [0, 0.1) is 0 Å². The highest BCUT2D eigenvalue weighted by Crippen LogP contribution is 2.15. The lowest BCUT2D eigenvalue weighted by Crippen LogP contribution is -2.25. The van der Waals surface area contributed by atoms with Crippen molar-refractivity contribution in [2.45, 2.75) is 39.8 Å². The third-order valence-electron chi connectivity index (χ3n) is 4.65. The van der Waals surface area contributed by atoms with E-state index in [1.54, 1.807) is 17.7 Å². The Kier molecular flexibility index (Phi) is 7.19. The van der Waals surface area contributed by atoms with Gasteiger partial charge in [0.15, 0.2) is 0 Å². The lowest BCUT2D eigenvalue weighted by atomic mass is 10.1. The zero-order valence-electron chi connectivity index (χ0n) is 17.9. The van der Waals surface area contributed by atoms with Crippen LogP contribution in [0.15, 0.2) is 58.4 Å². The second-order valence-electron chi connectivity index (χ2n) is 7.22. The Labute approximate surface area is 176 Å². The van der Waals surface area contributed by atoms with E-state index in [4.69, 9.17) is 9.47 Å². The first-order chi connectivity index (χ1) is 14.5. The molecule has 0 radical (unpaired) electrons. The number of benzene rings is 2. The van der Waals surface area contributed by atoms with E-state index in [1.165, 1.54) is 0 Å². The fourth-order valence-corrected chi connectivity index (χ4v) is 3.05. The minimum Gasteiger partial charge on any atom is -0.497 e. The van der Waals surface area contributed by atoms with Gasteiger partial charge in [0.1, 0.15) is 5.75 Å². The minimum absolute atomic E-state index is 0.0955. The summed E-state index contributed by atoms with van der Waals surface area (Å²) in [4.78, 5) is 17.7. The van der Waals surface area contributed by atoms with Crippen LogP contribution in [-0.2, 0) is 11.3 Å². The summed E-state index contributed by atoms with van der Waals surface area (Å²) in [7, 11) is 1.63. The summed E-state index contributed by atoms with van der Waals surface area (Å²) in [5.41, 5.74) is 5.20. The number of aromatic nitrogens is 2. The Balaban J connectivity index is 1.90. The van der Waals surface area contributed by atoms with Gasteiger partial charge in [-0.1, -0.05) is 24.3 Å². The SMILES string of the molecule is COc1cccc(/C(C)=N\Nc2nc3ccccc3c(=O)n2CCCOC(C)C)c1. The van der Waals surface area contributed by atoms with Crippen molar-refractivity contribution >= 4 is 22.6 Å². The van der Waals surface area contributed by atoms with Crippen molar-refractivity contribution in [3.05, 3.63) is 64.4 Å². The monoisotopic (exact) mass is 408 g/mol. The molecule has 0 aliphatic heterocycles. The number of para-hydroxylation sites is 1. The second-order valence-corrected chi connectivity index (χ2v) is 7.22.